The van der Waals surface area contributed by atoms with Crippen LogP contribution in [-0.4, -0.2) is 92.1 Å². The van der Waals surface area contributed by atoms with Crippen molar-refractivity contribution in [2.24, 2.45) is 0 Å². The van der Waals surface area contributed by atoms with Crippen LogP contribution in [0, 0.1) is 6.92 Å². The molecule has 3 fully saturated rings. The van der Waals surface area contributed by atoms with E-state index in [9.17, 15) is 28.4 Å². The molecule has 3 saturated heterocycles. The van der Waals surface area contributed by atoms with E-state index in [1.54, 1.807) is 36.4 Å². The van der Waals surface area contributed by atoms with Crippen molar-refractivity contribution in [1.29, 1.82) is 0 Å². The first-order chi connectivity index (χ1) is 28.7. The van der Waals surface area contributed by atoms with Gasteiger partial charge in [-0.15, -0.1) is 0 Å². The van der Waals surface area contributed by atoms with Crippen LogP contribution in [0.3, 0.4) is 0 Å². The van der Waals surface area contributed by atoms with Gasteiger partial charge in [-0.1, -0.05) is 29.8 Å². The molecule has 3 aliphatic rings. The molecular formula is C35H39FN8O14P2S. The van der Waals surface area contributed by atoms with E-state index in [-0.39, 0.29) is 34.6 Å². The van der Waals surface area contributed by atoms with Crippen molar-refractivity contribution in [1.82, 2.24) is 35.2 Å². The number of nitrogens with one attached hydrogen (secondary N) is 1. The van der Waals surface area contributed by atoms with Crippen LogP contribution in [0.15, 0.2) is 83.0 Å². The fourth-order valence-electron chi connectivity index (χ4n) is 6.73. The van der Waals surface area contributed by atoms with Crippen LogP contribution in [0.1, 0.15) is 33.9 Å². The summed E-state index contributed by atoms with van der Waals surface area (Å²) >= 11 is 0.680. The third-order valence-corrected chi connectivity index (χ3v) is 14.3. The Morgan fingerprint density at radius 3 is 2.39 bits per heavy atom. The molecule has 4 bridgehead atoms. The molecular weight excluding hydrogens is 869 g/mol. The van der Waals surface area contributed by atoms with E-state index < -0.39 is 94.2 Å². The van der Waals surface area contributed by atoms with Crippen LogP contribution in [0.5, 0.6) is 5.75 Å². The Hall–Kier alpha value is -4.68. The third-order valence-electron chi connectivity index (χ3n) is 9.71. The number of methoxy groups -OCH3 is 1. The van der Waals surface area contributed by atoms with Gasteiger partial charge in [0, 0.05) is 25.1 Å². The van der Waals surface area contributed by atoms with Gasteiger partial charge in [-0.3, -0.25) is 32.5 Å². The van der Waals surface area contributed by atoms with Crippen molar-refractivity contribution in [2.45, 2.75) is 61.8 Å². The Kier molecular flexibility index (Phi) is 13.1. The summed E-state index contributed by atoms with van der Waals surface area (Å²) in [5.74, 6) is -0.395. The lowest BCUT2D eigenvalue weighted by molar-refractivity contribution is -0.236. The van der Waals surface area contributed by atoms with E-state index in [0.717, 1.165) is 28.7 Å². The van der Waals surface area contributed by atoms with Gasteiger partial charge in [0.25, 0.3) is 13.4 Å². The van der Waals surface area contributed by atoms with E-state index in [1.807, 2.05) is 6.92 Å². The number of aryl methyl sites for hydroxylation is 1. The van der Waals surface area contributed by atoms with Crippen LogP contribution in [-0.2, 0) is 47.2 Å². The van der Waals surface area contributed by atoms with Gasteiger partial charge in [0.2, 0.25) is 0 Å². The lowest BCUT2D eigenvalue weighted by Crippen LogP contribution is -2.40. The van der Waals surface area contributed by atoms with Gasteiger partial charge in [0.1, 0.15) is 48.1 Å². The van der Waals surface area contributed by atoms with Gasteiger partial charge in [-0.2, -0.15) is 0 Å². The lowest BCUT2D eigenvalue weighted by Gasteiger charge is -2.31. The van der Waals surface area contributed by atoms with Crippen molar-refractivity contribution in [3.05, 3.63) is 111 Å². The molecule has 7 N–H and O–H groups in total. The summed E-state index contributed by atoms with van der Waals surface area (Å²) in [4.78, 5) is 65.2. The number of anilines is 1. The summed E-state index contributed by atoms with van der Waals surface area (Å²) < 4.78 is 92.8. The number of carbonyl (C=O) groups is 1. The highest BCUT2D eigenvalue weighted by Gasteiger charge is 2.54. The second-order valence-corrected chi connectivity index (χ2v) is 19.1. The average Bonchev–Trinajstić information content (AvgIpc) is 3.89. The molecule has 22 nitrogen and oxygen atoms in total. The van der Waals surface area contributed by atoms with E-state index in [2.05, 4.69) is 19.9 Å². The molecule has 10 atom stereocenters. The predicted molar refractivity (Wildman–Crippen MR) is 211 cm³/mol. The summed E-state index contributed by atoms with van der Waals surface area (Å²) in [6.07, 6.45) is -9.59. The van der Waals surface area contributed by atoms with Crippen molar-refractivity contribution < 1.29 is 60.3 Å². The highest BCUT2D eigenvalue weighted by molar-refractivity contribution is 8.54. The highest BCUT2D eigenvalue weighted by atomic mass is 32.7. The summed E-state index contributed by atoms with van der Waals surface area (Å²) in [5, 5.41) is 0. The molecule has 0 radical (unpaired) electrons. The maximum atomic E-state index is 16.4. The van der Waals surface area contributed by atoms with Crippen LogP contribution >= 0.6 is 26.0 Å². The average molecular weight is 909 g/mol. The number of nitrogens with zero attached hydrogens (tertiary/aromatic N) is 5. The largest absolute Gasteiger partial charge is 0.756 e. The maximum absolute atomic E-state index is 16.4. The number of halogens is 1. The number of phosphoric ester groups is 1. The van der Waals surface area contributed by atoms with Crippen molar-refractivity contribution in [3.8, 4) is 5.75 Å². The zero-order chi connectivity index (χ0) is 42.3. The molecule has 2 aromatic carbocycles. The number of nitrogens with two attached hydrogens (primary N) is 1. The number of nitrogen functional groups attached to an aromatic ring is 1. The minimum atomic E-state index is -5.41. The van der Waals surface area contributed by atoms with Crippen LogP contribution in [0.25, 0.3) is 11.2 Å². The number of rotatable bonds is 8. The number of benzene rings is 2. The number of hydrogen-bond acceptors (Lipinski definition) is 19. The summed E-state index contributed by atoms with van der Waals surface area (Å²) in [6.45, 7) is -4.26. The number of fused-ring (bicyclic) bond motifs is 5. The Balaban J connectivity index is 0.00000561. The number of ether oxygens (including phenoxy) is 4. The number of aromatic amines is 1. The fourth-order valence-corrected chi connectivity index (χ4v) is 11.0. The van der Waals surface area contributed by atoms with E-state index >= 15 is 4.39 Å². The molecule has 5 aromatic rings. The van der Waals surface area contributed by atoms with Crippen LogP contribution < -0.4 is 32.8 Å². The fraction of sp³-hybridized carbons (Fsp3) is 0.371. The quantitative estimate of drug-likeness (QED) is 0.114. The van der Waals surface area contributed by atoms with Crippen LogP contribution in [0.2, 0.25) is 0 Å². The third kappa shape index (κ3) is 9.40. The molecule has 3 aromatic heterocycles. The SMILES string of the molecule is CO[C@H]1[C@H]2O[P@@](=O)(SCc3ccc(OC(=O)c4ccc(C)cc4)cc3)OC[C@H]3O[C@@H](n4cnc5c(N)ncnc54)[C@H](OP(=O)([O-])OC[C@H]1O[C@H]2n1ccc(=O)[nH]c1=O)[C@@H]3F.[NH4+]. The molecule has 0 amide bonds. The monoisotopic (exact) mass is 908 g/mol. The molecule has 26 heteroatoms. The zero-order valence-electron chi connectivity index (χ0n) is 32.4. The second-order valence-electron chi connectivity index (χ2n) is 13.7. The maximum Gasteiger partial charge on any atom is 0.390 e. The summed E-state index contributed by atoms with van der Waals surface area (Å²) in [7, 11) is -4.18. The number of alkyl halides is 1. The zero-order valence-corrected chi connectivity index (χ0v) is 35.0. The Morgan fingerprint density at radius 1 is 0.967 bits per heavy atom. The Labute approximate surface area is 348 Å². The standard InChI is InChI=1S/C35H36FN7O14P2S.H3N/c1-18-3-7-20(8-4-18)34(45)53-21-9-5-19(6-10-21)15-60-59(49)52-13-22-25(36)28(32(54-22)43-17-40-26-30(37)38-16-39-31(26)43)56-58(47,48)51-14-23-27(50-2)29(57-59)33(55-23)42-12-11-24(44)41-35(42)46;/h3-12,16-17,22-23,25,27-29,32-33H,13-15H2,1-2H3,(H,47,48)(H2,37,38,39)(H,41,44,46);1H3/t22-,23-,25-,27-,28-,29-,32-,33-,59+;/m1./s1. The molecule has 0 saturated carbocycles. The van der Waals surface area contributed by atoms with Gasteiger partial charge in [-0.05, 0) is 48.1 Å². The lowest BCUT2D eigenvalue weighted by atomic mass is 10.1. The molecule has 6 heterocycles. The minimum Gasteiger partial charge on any atom is -0.756 e. The second kappa shape index (κ2) is 18.0. The van der Waals surface area contributed by atoms with Gasteiger partial charge in [0.15, 0.2) is 30.1 Å². The van der Waals surface area contributed by atoms with Crippen LogP contribution in [0.4, 0.5) is 10.2 Å². The van der Waals surface area contributed by atoms with Crippen molar-refractivity contribution >= 4 is 49.0 Å². The molecule has 3 aliphatic heterocycles. The molecule has 1 unspecified atom stereocenters. The Morgan fingerprint density at radius 2 is 1.67 bits per heavy atom. The predicted octanol–water partition coefficient (Wildman–Crippen LogP) is 3.34. The van der Waals surface area contributed by atoms with Gasteiger partial charge < -0.3 is 44.8 Å². The number of hydrogen-bond donors (Lipinski definition) is 3. The van der Waals surface area contributed by atoms with Gasteiger partial charge in [-0.25, -0.2) is 33.5 Å². The summed E-state index contributed by atoms with van der Waals surface area (Å²) in [6, 6.07) is 14.2. The summed E-state index contributed by atoms with van der Waals surface area (Å²) in [5.41, 5.74) is 6.33. The number of esters is 1. The molecule has 0 aliphatic carbocycles. The first-order valence-electron chi connectivity index (χ1n) is 18.0. The number of H-pyrrole nitrogens is 1. The first-order valence-corrected chi connectivity index (χ1v) is 22.6. The number of quaternary nitrogens is 1. The van der Waals surface area contributed by atoms with Crippen molar-refractivity contribution in [2.75, 3.05) is 26.1 Å². The first kappa shape index (κ1) is 44.4. The topological polar surface area (TPSA) is 309 Å². The molecule has 326 valence electrons. The Bertz CT molecular complexity index is 2600. The minimum absolute atomic E-state index is 0. The van der Waals surface area contributed by atoms with Crippen molar-refractivity contribution in [3.63, 3.8) is 0 Å². The van der Waals surface area contributed by atoms with E-state index in [0.29, 0.717) is 22.5 Å². The molecule has 8 rings (SSSR count). The van der Waals surface area contributed by atoms with E-state index in [4.69, 9.17) is 42.8 Å². The van der Waals surface area contributed by atoms with Gasteiger partial charge >= 0.3 is 18.5 Å². The number of carbonyl (C=O) groups excluding carboxylic acids is 1. The normalized spacial score (nSPS) is 30.4. The molecule has 0 spiro atoms. The number of phosphoric acid groups is 1. The number of aromatic nitrogens is 6. The smallest absolute Gasteiger partial charge is 0.390 e. The highest BCUT2D eigenvalue weighted by Crippen LogP contribution is 2.64. The molecule has 61 heavy (non-hydrogen) atoms. The van der Waals surface area contributed by atoms with Gasteiger partial charge in [0.05, 0.1) is 25.1 Å². The number of imidazole rings is 1. The van der Waals surface area contributed by atoms with E-state index in [1.165, 1.54) is 30.1 Å².